The number of aromatic nitrogens is 1. The van der Waals surface area contributed by atoms with Crippen molar-refractivity contribution in [1.29, 1.82) is 0 Å². The molecular weight excluding hydrogens is 274 g/mol. The van der Waals surface area contributed by atoms with Crippen LogP contribution >= 0.6 is 0 Å². The van der Waals surface area contributed by atoms with E-state index in [1.54, 1.807) is 0 Å². The minimum absolute atomic E-state index is 0.0168. The van der Waals surface area contributed by atoms with Crippen LogP contribution in [0.15, 0.2) is 42.5 Å². The highest BCUT2D eigenvalue weighted by Crippen LogP contribution is 2.25. The van der Waals surface area contributed by atoms with E-state index in [4.69, 9.17) is 5.73 Å². The summed E-state index contributed by atoms with van der Waals surface area (Å²) >= 11 is 0. The van der Waals surface area contributed by atoms with E-state index in [0.717, 1.165) is 27.5 Å². The van der Waals surface area contributed by atoms with Crippen LogP contribution in [0.4, 0.5) is 11.4 Å². The quantitative estimate of drug-likeness (QED) is 0.527. The Balaban J connectivity index is 2.05. The Labute approximate surface area is 129 Å². The minimum atomic E-state index is -0.430. The zero-order valence-corrected chi connectivity index (χ0v) is 13.0. The molecule has 0 spiro atoms. The van der Waals surface area contributed by atoms with Gasteiger partial charge in [0.1, 0.15) is 0 Å². The molecule has 112 valence electrons. The van der Waals surface area contributed by atoms with E-state index in [0.29, 0.717) is 5.69 Å². The van der Waals surface area contributed by atoms with Gasteiger partial charge in [-0.1, -0.05) is 32.9 Å². The Morgan fingerprint density at radius 1 is 1.00 bits per heavy atom. The van der Waals surface area contributed by atoms with E-state index in [2.05, 4.69) is 16.4 Å². The number of amides is 1. The Morgan fingerprint density at radius 2 is 1.64 bits per heavy atom. The molecule has 0 bridgehead atoms. The maximum Gasteiger partial charge on any atom is 0.229 e. The van der Waals surface area contributed by atoms with Crippen molar-refractivity contribution >= 4 is 39.1 Å². The first kappa shape index (κ1) is 14.3. The van der Waals surface area contributed by atoms with Gasteiger partial charge in [-0.05, 0) is 30.3 Å². The van der Waals surface area contributed by atoms with Crippen molar-refractivity contribution in [2.75, 3.05) is 11.1 Å². The molecule has 0 aliphatic heterocycles. The van der Waals surface area contributed by atoms with Gasteiger partial charge in [0.15, 0.2) is 0 Å². The summed E-state index contributed by atoms with van der Waals surface area (Å²) < 4.78 is 0. The van der Waals surface area contributed by atoms with E-state index in [1.165, 1.54) is 0 Å². The van der Waals surface area contributed by atoms with Gasteiger partial charge < -0.3 is 11.1 Å². The van der Waals surface area contributed by atoms with Crippen LogP contribution in [0, 0.1) is 5.41 Å². The first-order valence-electron chi connectivity index (χ1n) is 7.24. The molecule has 0 aliphatic rings. The normalized spacial score (nSPS) is 11.8. The molecule has 2 aromatic carbocycles. The number of nitrogens with one attached hydrogen (secondary N) is 1. The molecule has 1 heterocycles. The van der Waals surface area contributed by atoms with Crippen LogP contribution < -0.4 is 11.1 Å². The van der Waals surface area contributed by atoms with Gasteiger partial charge >= 0.3 is 0 Å². The molecule has 0 atom stereocenters. The van der Waals surface area contributed by atoms with Crippen LogP contribution in [0.5, 0.6) is 0 Å². The van der Waals surface area contributed by atoms with Crippen LogP contribution in [-0.2, 0) is 4.79 Å². The number of hydrogen-bond donors (Lipinski definition) is 2. The topological polar surface area (TPSA) is 68.0 Å². The van der Waals surface area contributed by atoms with E-state index in [1.807, 2.05) is 57.2 Å². The van der Waals surface area contributed by atoms with Gasteiger partial charge in [-0.25, -0.2) is 4.98 Å². The van der Waals surface area contributed by atoms with Crippen molar-refractivity contribution in [2.45, 2.75) is 20.8 Å². The molecule has 0 unspecified atom stereocenters. The van der Waals surface area contributed by atoms with Crippen molar-refractivity contribution in [1.82, 2.24) is 4.98 Å². The molecule has 3 rings (SSSR count). The summed E-state index contributed by atoms with van der Waals surface area (Å²) in [4.78, 5) is 16.7. The molecule has 0 fully saturated rings. The van der Waals surface area contributed by atoms with Crippen molar-refractivity contribution in [3.8, 4) is 0 Å². The molecule has 0 saturated carbocycles. The van der Waals surface area contributed by atoms with E-state index < -0.39 is 5.41 Å². The third-order valence-corrected chi connectivity index (χ3v) is 3.58. The Morgan fingerprint density at radius 3 is 2.32 bits per heavy atom. The Kier molecular flexibility index (Phi) is 3.24. The largest absolute Gasteiger partial charge is 0.399 e. The summed E-state index contributed by atoms with van der Waals surface area (Å²) in [6.45, 7) is 5.66. The number of fused-ring (bicyclic) bond motifs is 2. The maximum atomic E-state index is 12.1. The summed E-state index contributed by atoms with van der Waals surface area (Å²) in [5.74, 6) is -0.0168. The van der Waals surface area contributed by atoms with E-state index in [-0.39, 0.29) is 5.91 Å². The minimum Gasteiger partial charge on any atom is -0.399 e. The predicted molar refractivity (Wildman–Crippen MR) is 91.7 cm³/mol. The molecule has 1 amide bonds. The third-order valence-electron chi connectivity index (χ3n) is 3.58. The average molecular weight is 293 g/mol. The number of carbonyl (C=O) groups excluding carboxylic acids is 1. The smallest absolute Gasteiger partial charge is 0.229 e. The second kappa shape index (κ2) is 4.98. The monoisotopic (exact) mass is 293 g/mol. The van der Waals surface area contributed by atoms with Crippen molar-refractivity contribution in [3.05, 3.63) is 42.5 Å². The average Bonchev–Trinajstić information content (AvgIpc) is 2.44. The highest BCUT2D eigenvalue weighted by atomic mass is 16.2. The number of nitrogen functional groups attached to an aromatic ring is 1. The van der Waals surface area contributed by atoms with Gasteiger partial charge in [-0.2, -0.15) is 0 Å². The summed E-state index contributed by atoms with van der Waals surface area (Å²) in [6.07, 6.45) is 0. The number of hydrogen-bond acceptors (Lipinski definition) is 3. The molecular formula is C18H19N3O. The van der Waals surface area contributed by atoms with Crippen LogP contribution in [0.2, 0.25) is 0 Å². The van der Waals surface area contributed by atoms with Gasteiger partial charge in [-0.15, -0.1) is 0 Å². The molecule has 1 aromatic heterocycles. The molecule has 0 radical (unpaired) electrons. The summed E-state index contributed by atoms with van der Waals surface area (Å²) in [5.41, 5.74) is 8.52. The number of carbonyl (C=O) groups is 1. The lowest BCUT2D eigenvalue weighted by molar-refractivity contribution is -0.123. The maximum absolute atomic E-state index is 12.1. The van der Waals surface area contributed by atoms with Crippen molar-refractivity contribution < 1.29 is 4.79 Å². The lowest BCUT2D eigenvalue weighted by Gasteiger charge is -2.17. The number of rotatable bonds is 1. The molecule has 3 N–H and O–H groups in total. The zero-order valence-electron chi connectivity index (χ0n) is 13.0. The SMILES string of the molecule is CC(C)(C)C(=O)Nc1ccc2cc3ccc(N)cc3nc2c1. The predicted octanol–water partition coefficient (Wildman–Crippen LogP) is 3.95. The van der Waals surface area contributed by atoms with Gasteiger partial charge in [0.25, 0.3) is 0 Å². The van der Waals surface area contributed by atoms with Gasteiger partial charge in [0.2, 0.25) is 5.91 Å². The van der Waals surface area contributed by atoms with Crippen LogP contribution in [0.25, 0.3) is 21.8 Å². The number of pyridine rings is 1. The molecule has 0 saturated heterocycles. The van der Waals surface area contributed by atoms with Crippen LogP contribution in [-0.4, -0.2) is 10.9 Å². The molecule has 4 nitrogen and oxygen atoms in total. The van der Waals surface area contributed by atoms with Gasteiger partial charge in [0, 0.05) is 27.6 Å². The lowest BCUT2D eigenvalue weighted by atomic mass is 9.95. The summed E-state index contributed by atoms with van der Waals surface area (Å²) in [6, 6.07) is 13.5. The van der Waals surface area contributed by atoms with Gasteiger partial charge in [-0.3, -0.25) is 4.79 Å². The first-order valence-corrected chi connectivity index (χ1v) is 7.24. The number of nitrogens with two attached hydrogens (primary N) is 1. The van der Waals surface area contributed by atoms with E-state index in [9.17, 15) is 4.79 Å². The third kappa shape index (κ3) is 2.72. The van der Waals surface area contributed by atoms with Gasteiger partial charge in [0.05, 0.1) is 11.0 Å². The number of nitrogens with zero attached hydrogens (tertiary/aromatic N) is 1. The first-order chi connectivity index (χ1) is 10.3. The second-order valence-electron chi connectivity index (χ2n) is 6.55. The summed E-state index contributed by atoms with van der Waals surface area (Å²) in [5, 5.41) is 5.01. The number of anilines is 2. The fourth-order valence-corrected chi connectivity index (χ4v) is 2.24. The molecule has 4 heteroatoms. The molecule has 22 heavy (non-hydrogen) atoms. The summed E-state index contributed by atoms with van der Waals surface area (Å²) in [7, 11) is 0. The highest BCUT2D eigenvalue weighted by Gasteiger charge is 2.21. The number of benzene rings is 2. The highest BCUT2D eigenvalue weighted by molar-refractivity contribution is 5.98. The second-order valence-corrected chi connectivity index (χ2v) is 6.55. The Bertz CT molecular complexity index is 879. The lowest BCUT2D eigenvalue weighted by Crippen LogP contribution is -2.27. The van der Waals surface area contributed by atoms with Crippen LogP contribution in [0.3, 0.4) is 0 Å². The zero-order chi connectivity index (χ0) is 15.9. The van der Waals surface area contributed by atoms with Crippen molar-refractivity contribution in [2.24, 2.45) is 5.41 Å². The molecule has 0 aliphatic carbocycles. The standard InChI is InChI=1S/C18H19N3O/c1-18(2,3)17(22)20-14-7-5-12-8-11-4-6-13(19)9-15(11)21-16(12)10-14/h4-10H,19H2,1-3H3,(H,20,22). The fraction of sp³-hybridized carbons (Fsp3) is 0.222. The fourth-order valence-electron chi connectivity index (χ4n) is 2.24. The molecule has 3 aromatic rings. The van der Waals surface area contributed by atoms with Crippen molar-refractivity contribution in [3.63, 3.8) is 0 Å². The Hall–Kier alpha value is -2.62. The van der Waals surface area contributed by atoms with Crippen LogP contribution in [0.1, 0.15) is 20.8 Å². The van der Waals surface area contributed by atoms with E-state index >= 15 is 0 Å².